The Bertz CT molecular complexity index is 836. The van der Waals surface area contributed by atoms with Crippen LogP contribution in [-0.2, 0) is 20.9 Å². The van der Waals surface area contributed by atoms with Gasteiger partial charge in [-0.2, -0.15) is 0 Å². The number of nitrogens with zero attached hydrogens (tertiary/aromatic N) is 1. The van der Waals surface area contributed by atoms with E-state index in [9.17, 15) is 14.4 Å². The fourth-order valence-electron chi connectivity index (χ4n) is 2.96. The molecule has 0 aromatic heterocycles. The maximum atomic E-state index is 12.3. The number of hydrogen-bond donors (Lipinski definition) is 2. The molecule has 3 rings (SSSR count). The summed E-state index contributed by atoms with van der Waals surface area (Å²) >= 11 is 0. The first-order chi connectivity index (χ1) is 13.5. The molecular formula is C21H23N3O4. The Balaban J connectivity index is 1.41. The van der Waals surface area contributed by atoms with Crippen molar-refractivity contribution in [3.05, 3.63) is 65.7 Å². The van der Waals surface area contributed by atoms with E-state index in [1.54, 1.807) is 17.0 Å². The minimum absolute atomic E-state index is 0.0713. The summed E-state index contributed by atoms with van der Waals surface area (Å²) in [5.74, 6) is -0.843. The predicted octanol–water partition coefficient (Wildman–Crippen LogP) is 1.57. The van der Waals surface area contributed by atoms with Crippen molar-refractivity contribution < 1.29 is 19.1 Å². The van der Waals surface area contributed by atoms with Gasteiger partial charge in [-0.3, -0.25) is 25.2 Å². The van der Waals surface area contributed by atoms with Gasteiger partial charge in [0.2, 0.25) is 11.8 Å². The summed E-state index contributed by atoms with van der Waals surface area (Å²) in [6.07, 6.45) is 0.133. The van der Waals surface area contributed by atoms with Crippen LogP contribution in [0.15, 0.2) is 54.6 Å². The molecule has 7 heteroatoms. The minimum atomic E-state index is -0.491. The number of likely N-dealkylation sites (tertiary alicyclic amines) is 1. The molecular weight excluding hydrogens is 358 g/mol. The van der Waals surface area contributed by atoms with Crippen molar-refractivity contribution in [2.75, 3.05) is 13.2 Å². The second kappa shape index (κ2) is 9.03. The molecule has 1 heterocycles. The van der Waals surface area contributed by atoms with Crippen LogP contribution >= 0.6 is 0 Å². The van der Waals surface area contributed by atoms with Crippen molar-refractivity contribution in [2.45, 2.75) is 19.9 Å². The molecule has 1 fully saturated rings. The molecule has 0 bridgehead atoms. The Hall–Kier alpha value is -3.35. The fourth-order valence-corrected chi connectivity index (χ4v) is 2.96. The van der Waals surface area contributed by atoms with Gasteiger partial charge in [0, 0.05) is 19.5 Å². The molecule has 2 aromatic carbocycles. The lowest BCUT2D eigenvalue weighted by Gasteiger charge is -2.16. The van der Waals surface area contributed by atoms with Crippen LogP contribution in [0.1, 0.15) is 17.5 Å². The maximum absolute atomic E-state index is 12.3. The molecule has 0 spiro atoms. The molecule has 1 aliphatic heterocycles. The van der Waals surface area contributed by atoms with E-state index in [0.717, 1.165) is 11.1 Å². The van der Waals surface area contributed by atoms with Crippen LogP contribution < -0.4 is 15.6 Å². The third-order valence-electron chi connectivity index (χ3n) is 4.52. The van der Waals surface area contributed by atoms with Gasteiger partial charge in [-0.05, 0) is 24.6 Å². The zero-order chi connectivity index (χ0) is 19.9. The largest absolute Gasteiger partial charge is 0.484 e. The van der Waals surface area contributed by atoms with Gasteiger partial charge in [0.15, 0.2) is 6.61 Å². The monoisotopic (exact) mass is 381 g/mol. The molecule has 2 N–H and O–H groups in total. The summed E-state index contributed by atoms with van der Waals surface area (Å²) in [6.45, 7) is 2.54. The first-order valence-electron chi connectivity index (χ1n) is 9.11. The molecule has 0 saturated carbocycles. The van der Waals surface area contributed by atoms with E-state index < -0.39 is 11.8 Å². The average Bonchev–Trinajstić information content (AvgIpc) is 3.07. The number of aryl methyl sites for hydroxylation is 1. The van der Waals surface area contributed by atoms with Gasteiger partial charge in [0.25, 0.3) is 5.91 Å². The number of carbonyl (C=O) groups is 3. The highest BCUT2D eigenvalue weighted by Gasteiger charge is 2.34. The number of hydrogen-bond acceptors (Lipinski definition) is 4. The molecule has 28 heavy (non-hydrogen) atoms. The lowest BCUT2D eigenvalue weighted by atomic mass is 10.1. The number of hydrazine groups is 1. The molecule has 7 nitrogen and oxygen atoms in total. The second-order valence-corrected chi connectivity index (χ2v) is 6.80. The molecule has 1 atom stereocenters. The number of amides is 3. The van der Waals surface area contributed by atoms with Gasteiger partial charge in [0.1, 0.15) is 5.75 Å². The smallest absolute Gasteiger partial charge is 0.276 e. The van der Waals surface area contributed by atoms with Crippen molar-refractivity contribution >= 4 is 17.7 Å². The normalized spacial score (nSPS) is 16.0. The topological polar surface area (TPSA) is 87.7 Å². The Morgan fingerprint density at radius 2 is 1.79 bits per heavy atom. The standard InChI is InChI=1S/C21H23N3O4/c1-15-7-9-18(10-8-15)28-14-19(25)22-23-21(27)17-11-20(26)24(13-17)12-16-5-3-2-4-6-16/h2-10,17H,11-14H2,1H3,(H,22,25)(H,23,27). The zero-order valence-corrected chi connectivity index (χ0v) is 15.7. The van der Waals surface area contributed by atoms with Crippen LogP contribution in [0.25, 0.3) is 0 Å². The first kappa shape index (κ1) is 19.4. The molecule has 146 valence electrons. The minimum Gasteiger partial charge on any atom is -0.484 e. The van der Waals surface area contributed by atoms with Crippen LogP contribution in [0.3, 0.4) is 0 Å². The van der Waals surface area contributed by atoms with Gasteiger partial charge in [-0.1, -0.05) is 48.0 Å². The van der Waals surface area contributed by atoms with Crippen molar-refractivity contribution in [2.24, 2.45) is 5.92 Å². The average molecular weight is 381 g/mol. The number of rotatable bonds is 6. The van der Waals surface area contributed by atoms with E-state index in [4.69, 9.17) is 4.74 Å². The van der Waals surface area contributed by atoms with E-state index in [-0.39, 0.29) is 24.8 Å². The van der Waals surface area contributed by atoms with Crippen LogP contribution in [0.4, 0.5) is 0 Å². The Labute approximate surface area is 163 Å². The van der Waals surface area contributed by atoms with E-state index >= 15 is 0 Å². The summed E-state index contributed by atoms with van der Waals surface area (Å²) in [6, 6.07) is 16.9. The third kappa shape index (κ3) is 5.33. The second-order valence-electron chi connectivity index (χ2n) is 6.80. The van der Waals surface area contributed by atoms with Crippen molar-refractivity contribution in [3.8, 4) is 5.75 Å². The van der Waals surface area contributed by atoms with E-state index in [2.05, 4.69) is 10.9 Å². The lowest BCUT2D eigenvalue weighted by Crippen LogP contribution is -2.46. The van der Waals surface area contributed by atoms with E-state index in [1.165, 1.54) is 0 Å². The first-order valence-corrected chi connectivity index (χ1v) is 9.11. The summed E-state index contributed by atoms with van der Waals surface area (Å²) < 4.78 is 5.36. The number of benzene rings is 2. The summed E-state index contributed by atoms with van der Waals surface area (Å²) in [7, 11) is 0. The van der Waals surface area contributed by atoms with Crippen molar-refractivity contribution in [3.63, 3.8) is 0 Å². The van der Waals surface area contributed by atoms with Crippen LogP contribution in [0.5, 0.6) is 5.75 Å². The number of ether oxygens (including phenoxy) is 1. The maximum Gasteiger partial charge on any atom is 0.276 e. The summed E-state index contributed by atoms with van der Waals surface area (Å²) in [5.41, 5.74) is 6.81. The summed E-state index contributed by atoms with van der Waals surface area (Å²) in [4.78, 5) is 37.9. The molecule has 1 saturated heterocycles. The highest BCUT2D eigenvalue weighted by Crippen LogP contribution is 2.20. The predicted molar refractivity (Wildman–Crippen MR) is 103 cm³/mol. The molecule has 2 aromatic rings. The lowest BCUT2D eigenvalue weighted by molar-refractivity contribution is -0.132. The molecule has 1 unspecified atom stereocenters. The SMILES string of the molecule is Cc1ccc(OCC(=O)NNC(=O)C2CC(=O)N(Cc3ccccc3)C2)cc1. The summed E-state index contributed by atoms with van der Waals surface area (Å²) in [5, 5.41) is 0. The van der Waals surface area contributed by atoms with Crippen LogP contribution in [0.2, 0.25) is 0 Å². The third-order valence-corrected chi connectivity index (χ3v) is 4.52. The van der Waals surface area contributed by atoms with Gasteiger partial charge in [-0.25, -0.2) is 0 Å². The van der Waals surface area contributed by atoms with Crippen LogP contribution in [0, 0.1) is 12.8 Å². The fraction of sp³-hybridized carbons (Fsp3) is 0.286. The van der Waals surface area contributed by atoms with E-state index in [0.29, 0.717) is 18.8 Å². The van der Waals surface area contributed by atoms with Crippen molar-refractivity contribution in [1.29, 1.82) is 0 Å². The van der Waals surface area contributed by atoms with Gasteiger partial charge >= 0.3 is 0 Å². The highest BCUT2D eigenvalue weighted by molar-refractivity contribution is 5.90. The van der Waals surface area contributed by atoms with Crippen LogP contribution in [-0.4, -0.2) is 35.8 Å². The molecule has 0 aliphatic carbocycles. The Morgan fingerprint density at radius 3 is 2.50 bits per heavy atom. The van der Waals surface area contributed by atoms with Gasteiger partial charge in [0.05, 0.1) is 5.92 Å². The molecule has 3 amide bonds. The van der Waals surface area contributed by atoms with Gasteiger partial charge in [-0.15, -0.1) is 0 Å². The number of nitrogens with one attached hydrogen (secondary N) is 2. The molecule has 1 aliphatic rings. The van der Waals surface area contributed by atoms with E-state index in [1.807, 2.05) is 49.4 Å². The Kier molecular flexibility index (Phi) is 6.26. The number of carbonyl (C=O) groups excluding carboxylic acids is 3. The highest BCUT2D eigenvalue weighted by atomic mass is 16.5. The molecule has 0 radical (unpaired) electrons. The quantitative estimate of drug-likeness (QED) is 0.744. The zero-order valence-electron chi connectivity index (χ0n) is 15.7. The Morgan fingerprint density at radius 1 is 1.07 bits per heavy atom. The van der Waals surface area contributed by atoms with Crippen molar-refractivity contribution in [1.82, 2.24) is 15.8 Å². The van der Waals surface area contributed by atoms with Gasteiger partial charge < -0.3 is 9.64 Å².